The van der Waals surface area contributed by atoms with Gasteiger partial charge in [0.1, 0.15) is 5.75 Å². The van der Waals surface area contributed by atoms with E-state index in [1.807, 2.05) is 12.1 Å². The smallest absolute Gasteiger partial charge is 0.264 e. The molecule has 0 atom stereocenters. The van der Waals surface area contributed by atoms with E-state index in [-0.39, 0.29) is 18.4 Å². The first kappa shape index (κ1) is 22.7. The molecule has 32 heavy (non-hydrogen) atoms. The second kappa shape index (κ2) is 10.4. The monoisotopic (exact) mass is 491 g/mol. The van der Waals surface area contributed by atoms with Gasteiger partial charge in [0, 0.05) is 13.1 Å². The Bertz CT molecular complexity index is 1080. The van der Waals surface area contributed by atoms with Gasteiger partial charge in [0.2, 0.25) is 0 Å². The fourth-order valence-corrected chi connectivity index (χ4v) is 4.15. The summed E-state index contributed by atoms with van der Waals surface area (Å²) in [5.74, 6) is 0.289. The summed E-state index contributed by atoms with van der Waals surface area (Å²) in [6.07, 6.45) is 1.76. The topological polar surface area (TPSA) is 80.2 Å². The van der Waals surface area contributed by atoms with Gasteiger partial charge in [0.15, 0.2) is 11.8 Å². The standard InChI is InChI=1S/C22H19Cl2N3O4S/c23-17-6-3-15(12-18(17)24)25-22-26-21(29)19(32-22)11-14-1-4-16(5-2-14)31-13-20(28)27-7-9-30-10-8-27/h1-6,11-12H,7-10,13H2,(H,25,26,29)/b19-11-. The SMILES string of the molecule is O=C1NC(=Nc2ccc(Cl)c(Cl)c2)S/C1=C\c1ccc(OCC(=O)N2CCOCC2)cc1. The molecule has 1 N–H and O–H groups in total. The molecule has 0 aliphatic carbocycles. The van der Waals surface area contributed by atoms with E-state index in [4.69, 9.17) is 32.7 Å². The summed E-state index contributed by atoms with van der Waals surface area (Å²) in [7, 11) is 0. The second-order valence-electron chi connectivity index (χ2n) is 6.93. The number of amides is 2. The van der Waals surface area contributed by atoms with E-state index < -0.39 is 0 Å². The van der Waals surface area contributed by atoms with Crippen LogP contribution in [0.1, 0.15) is 5.56 Å². The van der Waals surface area contributed by atoms with Crippen LogP contribution in [0.15, 0.2) is 52.4 Å². The normalized spacial score (nSPS) is 18.8. The minimum Gasteiger partial charge on any atom is -0.484 e. The largest absolute Gasteiger partial charge is 0.484 e. The zero-order valence-electron chi connectivity index (χ0n) is 16.8. The summed E-state index contributed by atoms with van der Waals surface area (Å²) >= 11 is 13.2. The number of aliphatic imine (C=N–C) groups is 1. The van der Waals surface area contributed by atoms with Crippen LogP contribution < -0.4 is 10.1 Å². The number of carbonyl (C=O) groups is 2. The fourth-order valence-electron chi connectivity index (χ4n) is 3.01. The Kier molecular flexibility index (Phi) is 7.36. The van der Waals surface area contributed by atoms with Gasteiger partial charge in [0.05, 0.1) is 33.9 Å². The van der Waals surface area contributed by atoms with Crippen molar-refractivity contribution in [1.29, 1.82) is 0 Å². The van der Waals surface area contributed by atoms with Crippen molar-refractivity contribution in [3.63, 3.8) is 0 Å². The maximum absolute atomic E-state index is 12.3. The number of morpholine rings is 1. The molecule has 4 rings (SSSR count). The van der Waals surface area contributed by atoms with E-state index in [0.29, 0.717) is 57.9 Å². The summed E-state index contributed by atoms with van der Waals surface area (Å²) in [5.41, 5.74) is 1.42. The van der Waals surface area contributed by atoms with Crippen LogP contribution in [0.3, 0.4) is 0 Å². The molecule has 0 radical (unpaired) electrons. The predicted molar refractivity (Wildman–Crippen MR) is 127 cm³/mol. The first-order valence-corrected chi connectivity index (χ1v) is 11.4. The lowest BCUT2D eigenvalue weighted by atomic mass is 10.2. The van der Waals surface area contributed by atoms with Gasteiger partial charge in [-0.25, -0.2) is 4.99 Å². The number of amidine groups is 1. The predicted octanol–water partition coefficient (Wildman–Crippen LogP) is 4.12. The first-order valence-electron chi connectivity index (χ1n) is 9.81. The lowest BCUT2D eigenvalue weighted by molar-refractivity contribution is -0.137. The van der Waals surface area contributed by atoms with Crippen molar-refractivity contribution in [2.24, 2.45) is 4.99 Å². The minimum absolute atomic E-state index is 0.0206. The van der Waals surface area contributed by atoms with E-state index >= 15 is 0 Å². The zero-order chi connectivity index (χ0) is 22.5. The van der Waals surface area contributed by atoms with Crippen molar-refractivity contribution in [3.8, 4) is 5.75 Å². The number of rotatable bonds is 5. The van der Waals surface area contributed by atoms with Crippen molar-refractivity contribution < 1.29 is 19.1 Å². The molecule has 0 unspecified atom stereocenters. The average molecular weight is 492 g/mol. The summed E-state index contributed by atoms with van der Waals surface area (Å²) in [5, 5.41) is 4.03. The molecule has 2 aromatic rings. The second-order valence-corrected chi connectivity index (χ2v) is 8.78. The van der Waals surface area contributed by atoms with Crippen molar-refractivity contribution in [1.82, 2.24) is 10.2 Å². The van der Waals surface area contributed by atoms with Gasteiger partial charge in [-0.1, -0.05) is 35.3 Å². The molecule has 2 aromatic carbocycles. The molecule has 7 nitrogen and oxygen atoms in total. The number of nitrogens with zero attached hydrogens (tertiary/aromatic N) is 2. The maximum Gasteiger partial charge on any atom is 0.264 e. The Labute approximate surface area is 199 Å². The molecule has 2 aliphatic heterocycles. The van der Waals surface area contributed by atoms with E-state index in [0.717, 1.165) is 5.56 Å². The van der Waals surface area contributed by atoms with Crippen LogP contribution in [0.4, 0.5) is 5.69 Å². The van der Waals surface area contributed by atoms with Crippen LogP contribution in [0.2, 0.25) is 10.0 Å². The quantitative estimate of drug-likeness (QED) is 0.636. The van der Waals surface area contributed by atoms with Crippen molar-refractivity contribution in [2.75, 3.05) is 32.9 Å². The molecule has 2 fully saturated rings. The number of carbonyl (C=O) groups excluding carboxylic acids is 2. The van der Waals surface area contributed by atoms with Gasteiger partial charge < -0.3 is 19.7 Å². The Morgan fingerprint density at radius 1 is 1.16 bits per heavy atom. The Balaban J connectivity index is 1.36. The molecule has 166 valence electrons. The van der Waals surface area contributed by atoms with Crippen molar-refractivity contribution >= 4 is 63.7 Å². The van der Waals surface area contributed by atoms with Gasteiger partial charge in [-0.05, 0) is 53.7 Å². The van der Waals surface area contributed by atoms with Crippen LogP contribution >= 0.6 is 35.0 Å². The van der Waals surface area contributed by atoms with E-state index in [2.05, 4.69) is 10.3 Å². The first-order chi connectivity index (χ1) is 15.5. The molecular formula is C22H19Cl2N3O4S. The highest BCUT2D eigenvalue weighted by molar-refractivity contribution is 8.18. The number of halogens is 2. The summed E-state index contributed by atoms with van der Waals surface area (Å²) < 4.78 is 10.8. The third-order valence-electron chi connectivity index (χ3n) is 4.69. The number of benzene rings is 2. The lowest BCUT2D eigenvalue weighted by Gasteiger charge is -2.26. The highest BCUT2D eigenvalue weighted by Crippen LogP contribution is 2.31. The Morgan fingerprint density at radius 3 is 2.62 bits per heavy atom. The molecule has 2 amide bonds. The van der Waals surface area contributed by atoms with Crippen LogP contribution in [0, 0.1) is 0 Å². The Morgan fingerprint density at radius 2 is 1.91 bits per heavy atom. The number of nitrogens with one attached hydrogen (secondary N) is 1. The van der Waals surface area contributed by atoms with Crippen LogP contribution in [-0.2, 0) is 14.3 Å². The summed E-state index contributed by atoms with van der Waals surface area (Å²) in [6.45, 7) is 2.27. The molecule has 0 aromatic heterocycles. The molecule has 2 saturated heterocycles. The van der Waals surface area contributed by atoms with Gasteiger partial charge in [-0.2, -0.15) is 0 Å². The van der Waals surface area contributed by atoms with Gasteiger partial charge in [-0.3, -0.25) is 9.59 Å². The van der Waals surface area contributed by atoms with E-state index in [1.165, 1.54) is 11.8 Å². The molecule has 2 aliphatic rings. The lowest BCUT2D eigenvalue weighted by Crippen LogP contribution is -2.42. The van der Waals surface area contributed by atoms with Crippen molar-refractivity contribution in [3.05, 3.63) is 63.0 Å². The van der Waals surface area contributed by atoms with E-state index in [9.17, 15) is 9.59 Å². The molecule has 0 saturated carbocycles. The molecule has 10 heteroatoms. The molecule has 0 spiro atoms. The summed E-state index contributed by atoms with van der Waals surface area (Å²) in [4.78, 5) is 31.1. The number of thioether (sulfide) groups is 1. The highest BCUT2D eigenvalue weighted by Gasteiger charge is 2.24. The maximum atomic E-state index is 12.3. The van der Waals surface area contributed by atoms with E-state index in [1.54, 1.807) is 41.3 Å². The third-order valence-corrected chi connectivity index (χ3v) is 6.34. The molecular weight excluding hydrogens is 473 g/mol. The third kappa shape index (κ3) is 5.83. The number of hydrogen-bond acceptors (Lipinski definition) is 6. The van der Waals surface area contributed by atoms with Crippen LogP contribution in [-0.4, -0.2) is 54.8 Å². The van der Waals surface area contributed by atoms with Gasteiger partial charge >= 0.3 is 0 Å². The van der Waals surface area contributed by atoms with Crippen LogP contribution in [0.5, 0.6) is 5.75 Å². The summed E-state index contributed by atoms with van der Waals surface area (Å²) in [6, 6.07) is 12.2. The minimum atomic E-state index is -0.231. The number of hydrogen-bond donors (Lipinski definition) is 1. The van der Waals surface area contributed by atoms with Gasteiger partial charge in [-0.15, -0.1) is 0 Å². The average Bonchev–Trinajstić information content (AvgIpc) is 3.14. The molecule has 2 heterocycles. The zero-order valence-corrected chi connectivity index (χ0v) is 19.2. The Hall–Kier alpha value is -2.52. The highest BCUT2D eigenvalue weighted by atomic mass is 35.5. The van der Waals surface area contributed by atoms with Crippen LogP contribution in [0.25, 0.3) is 6.08 Å². The molecule has 0 bridgehead atoms. The fraction of sp³-hybridized carbons (Fsp3) is 0.227. The van der Waals surface area contributed by atoms with Gasteiger partial charge in [0.25, 0.3) is 11.8 Å². The van der Waals surface area contributed by atoms with Crippen molar-refractivity contribution in [2.45, 2.75) is 0 Å². The number of ether oxygens (including phenoxy) is 2.